The van der Waals surface area contributed by atoms with Gasteiger partial charge in [0.05, 0.1) is 12.2 Å². The number of ether oxygens (including phenoxy) is 3. The maximum absolute atomic E-state index is 12.4. The largest absolute Gasteiger partial charge is 0.454 e. The highest BCUT2D eigenvalue weighted by atomic mass is 35.5. The monoisotopic (exact) mass is 338 g/mol. The number of benzene rings is 1. The fourth-order valence-corrected chi connectivity index (χ4v) is 4.26. The quantitative estimate of drug-likeness (QED) is 0.786. The van der Waals surface area contributed by atoms with Gasteiger partial charge in [-0.3, -0.25) is 9.80 Å². The van der Waals surface area contributed by atoms with Crippen LogP contribution in [0.15, 0.2) is 18.2 Å². The molecule has 1 spiro atoms. The van der Waals surface area contributed by atoms with Crippen molar-refractivity contribution in [2.24, 2.45) is 5.92 Å². The normalized spacial score (nSPS) is 33.7. The zero-order valence-electron chi connectivity index (χ0n) is 12.7. The third-order valence-corrected chi connectivity index (χ3v) is 5.43. The highest BCUT2D eigenvalue weighted by molar-refractivity contribution is 5.91. The molecule has 2 bridgehead atoms. The average molecular weight is 339 g/mol. The van der Waals surface area contributed by atoms with Crippen LogP contribution in [0.2, 0.25) is 0 Å². The summed E-state index contributed by atoms with van der Waals surface area (Å²) in [4.78, 5) is 16.6. The number of amides is 1. The molecule has 0 saturated carbocycles. The summed E-state index contributed by atoms with van der Waals surface area (Å²) in [5.74, 6) is 1.91. The second-order valence-corrected chi connectivity index (χ2v) is 6.61. The number of hydrogen-bond acceptors (Lipinski definition) is 5. The Bertz CT molecular complexity index is 647. The highest BCUT2D eigenvalue weighted by Crippen LogP contribution is 2.44. The van der Waals surface area contributed by atoms with Crippen LogP contribution in [0.3, 0.4) is 0 Å². The van der Waals surface area contributed by atoms with Crippen molar-refractivity contribution in [3.63, 3.8) is 0 Å². The third-order valence-electron chi connectivity index (χ3n) is 5.43. The Morgan fingerprint density at radius 2 is 1.87 bits per heavy atom. The van der Waals surface area contributed by atoms with Crippen molar-refractivity contribution in [3.05, 3.63) is 18.2 Å². The summed E-state index contributed by atoms with van der Waals surface area (Å²) in [7, 11) is 0. The van der Waals surface area contributed by atoms with Gasteiger partial charge in [-0.15, -0.1) is 12.4 Å². The molecule has 4 fully saturated rings. The van der Waals surface area contributed by atoms with Crippen molar-refractivity contribution in [1.82, 2.24) is 4.90 Å². The number of carbonyl (C=O) groups is 1. The third kappa shape index (κ3) is 2.16. The predicted octanol–water partition coefficient (Wildman–Crippen LogP) is 2.26. The Balaban J connectivity index is 0.00000135. The second kappa shape index (κ2) is 5.18. The summed E-state index contributed by atoms with van der Waals surface area (Å²) in [5.41, 5.74) is 0.492. The van der Waals surface area contributed by atoms with Crippen LogP contribution in [0.5, 0.6) is 11.5 Å². The number of carbonyl (C=O) groups excluding carboxylic acids is 1. The molecule has 5 aliphatic heterocycles. The number of hydrogen-bond donors (Lipinski definition) is 0. The second-order valence-electron chi connectivity index (χ2n) is 6.61. The summed E-state index contributed by atoms with van der Waals surface area (Å²) in [6.07, 6.45) is 2.01. The molecule has 6 nitrogen and oxygen atoms in total. The number of nitrogens with zero attached hydrogens (tertiary/aromatic N) is 2. The smallest absolute Gasteiger partial charge is 0.415 e. The Kier molecular flexibility index (Phi) is 3.35. The van der Waals surface area contributed by atoms with Crippen LogP contribution in [-0.4, -0.2) is 49.6 Å². The molecule has 5 heterocycles. The molecule has 0 aromatic heterocycles. The maximum atomic E-state index is 12.4. The summed E-state index contributed by atoms with van der Waals surface area (Å²) < 4.78 is 16.6. The van der Waals surface area contributed by atoms with Gasteiger partial charge in [0.25, 0.3) is 0 Å². The molecule has 5 aliphatic rings. The van der Waals surface area contributed by atoms with E-state index in [2.05, 4.69) is 4.90 Å². The van der Waals surface area contributed by atoms with Crippen LogP contribution in [0.25, 0.3) is 0 Å². The van der Waals surface area contributed by atoms with E-state index in [1.807, 2.05) is 18.2 Å². The first kappa shape index (κ1) is 14.9. The van der Waals surface area contributed by atoms with Gasteiger partial charge in [-0.1, -0.05) is 0 Å². The van der Waals surface area contributed by atoms with E-state index in [0.717, 1.165) is 43.9 Å². The molecule has 1 aromatic carbocycles. The van der Waals surface area contributed by atoms with Gasteiger partial charge in [-0.25, -0.2) is 4.79 Å². The highest BCUT2D eigenvalue weighted by Gasteiger charge is 2.55. The van der Waals surface area contributed by atoms with E-state index >= 15 is 0 Å². The summed E-state index contributed by atoms with van der Waals surface area (Å²) >= 11 is 0. The first-order valence-electron chi connectivity index (χ1n) is 7.86. The van der Waals surface area contributed by atoms with Crippen LogP contribution >= 0.6 is 12.4 Å². The minimum atomic E-state index is -0.329. The molecule has 1 atom stereocenters. The molecule has 4 saturated heterocycles. The van der Waals surface area contributed by atoms with E-state index < -0.39 is 0 Å². The molecule has 23 heavy (non-hydrogen) atoms. The first-order valence-corrected chi connectivity index (χ1v) is 7.86. The lowest BCUT2D eigenvalue weighted by molar-refractivity contribution is -0.0881. The van der Waals surface area contributed by atoms with Crippen molar-refractivity contribution in [1.29, 1.82) is 0 Å². The number of fused-ring (bicyclic) bond motifs is 3. The van der Waals surface area contributed by atoms with E-state index in [-0.39, 0.29) is 30.9 Å². The van der Waals surface area contributed by atoms with Crippen LogP contribution in [-0.2, 0) is 4.74 Å². The van der Waals surface area contributed by atoms with E-state index in [9.17, 15) is 4.79 Å². The zero-order chi connectivity index (χ0) is 14.7. The molecule has 1 amide bonds. The standard InChI is InChI=1S/C16H18N2O4.ClH/c19-15-18(12-1-2-13-14(7-12)21-10-20-13)9-16(22-15)8-17-5-3-11(16)4-6-17;/h1-2,7,11H,3-6,8-10H2;1H/t16-;/m1./s1. The van der Waals surface area contributed by atoms with Crippen LogP contribution in [0.1, 0.15) is 12.8 Å². The van der Waals surface area contributed by atoms with Gasteiger partial charge < -0.3 is 14.2 Å². The topological polar surface area (TPSA) is 51.2 Å². The van der Waals surface area contributed by atoms with Crippen molar-refractivity contribution in [2.45, 2.75) is 18.4 Å². The summed E-state index contributed by atoms with van der Waals surface area (Å²) in [6, 6.07) is 5.62. The molecule has 0 aliphatic carbocycles. The van der Waals surface area contributed by atoms with Gasteiger partial charge in [0.1, 0.15) is 5.60 Å². The average Bonchev–Trinajstić information content (AvgIpc) is 3.12. The van der Waals surface area contributed by atoms with Gasteiger partial charge >= 0.3 is 6.09 Å². The Labute approximate surface area is 140 Å². The van der Waals surface area contributed by atoms with Crippen molar-refractivity contribution in [2.75, 3.05) is 37.9 Å². The summed E-state index contributed by atoms with van der Waals surface area (Å²) in [5, 5.41) is 0. The van der Waals surface area contributed by atoms with Gasteiger partial charge in [0.2, 0.25) is 6.79 Å². The summed E-state index contributed by atoms with van der Waals surface area (Å²) in [6.45, 7) is 4.00. The van der Waals surface area contributed by atoms with E-state index in [1.165, 1.54) is 0 Å². The predicted molar refractivity (Wildman–Crippen MR) is 85.5 cm³/mol. The molecule has 6 rings (SSSR count). The Morgan fingerprint density at radius 3 is 2.61 bits per heavy atom. The van der Waals surface area contributed by atoms with E-state index in [1.54, 1.807) is 4.90 Å². The fraction of sp³-hybridized carbons (Fsp3) is 0.562. The molecule has 0 radical (unpaired) electrons. The van der Waals surface area contributed by atoms with Gasteiger partial charge in [-0.05, 0) is 38.1 Å². The molecular formula is C16H19ClN2O4. The number of anilines is 1. The lowest BCUT2D eigenvalue weighted by atomic mass is 9.75. The molecular weight excluding hydrogens is 320 g/mol. The van der Waals surface area contributed by atoms with Crippen LogP contribution in [0.4, 0.5) is 10.5 Å². The Morgan fingerprint density at radius 1 is 1.09 bits per heavy atom. The van der Waals surface area contributed by atoms with Crippen LogP contribution in [0, 0.1) is 5.92 Å². The van der Waals surface area contributed by atoms with Gasteiger partial charge in [0.15, 0.2) is 11.5 Å². The molecule has 7 heteroatoms. The molecule has 0 unspecified atom stereocenters. The molecule has 1 aromatic rings. The number of halogens is 1. The van der Waals surface area contributed by atoms with Crippen molar-refractivity contribution in [3.8, 4) is 11.5 Å². The maximum Gasteiger partial charge on any atom is 0.415 e. The zero-order valence-corrected chi connectivity index (χ0v) is 13.5. The van der Waals surface area contributed by atoms with E-state index in [0.29, 0.717) is 18.2 Å². The number of rotatable bonds is 1. The lowest BCUT2D eigenvalue weighted by Crippen LogP contribution is -2.61. The molecule has 124 valence electrons. The minimum absolute atomic E-state index is 0. The SMILES string of the molecule is Cl.O=C1O[C@]2(CN3CCC2CC3)CN1c1ccc2c(c1)OCO2. The van der Waals surface area contributed by atoms with Crippen molar-refractivity contribution >= 4 is 24.2 Å². The van der Waals surface area contributed by atoms with Gasteiger partial charge in [-0.2, -0.15) is 0 Å². The first-order chi connectivity index (χ1) is 10.7. The molecule has 0 N–H and O–H groups in total. The fourth-order valence-electron chi connectivity index (χ4n) is 4.26. The van der Waals surface area contributed by atoms with Crippen LogP contribution < -0.4 is 14.4 Å². The van der Waals surface area contributed by atoms with Gasteiger partial charge in [0, 0.05) is 18.5 Å². The van der Waals surface area contributed by atoms with E-state index in [4.69, 9.17) is 14.2 Å². The van der Waals surface area contributed by atoms with Crippen molar-refractivity contribution < 1.29 is 19.0 Å². The lowest BCUT2D eigenvalue weighted by Gasteiger charge is -2.49. The minimum Gasteiger partial charge on any atom is -0.454 e. The number of piperidine rings is 3. The Hall–Kier alpha value is -1.66.